The molecule has 1 N–H and O–H groups in total. The summed E-state index contributed by atoms with van der Waals surface area (Å²) in [5, 5.41) is 5.30. The molecule has 0 radical (unpaired) electrons. The molecule has 29 heavy (non-hydrogen) atoms. The van der Waals surface area contributed by atoms with Crippen molar-refractivity contribution in [2.75, 3.05) is 5.32 Å². The van der Waals surface area contributed by atoms with Gasteiger partial charge in [-0.1, -0.05) is 34.8 Å². The van der Waals surface area contributed by atoms with Gasteiger partial charge in [0.1, 0.15) is 11.0 Å². The lowest BCUT2D eigenvalue weighted by atomic mass is 10.1. The van der Waals surface area contributed by atoms with E-state index < -0.39 is 5.51 Å². The summed E-state index contributed by atoms with van der Waals surface area (Å²) in [5.74, 6) is 0.378. The highest BCUT2D eigenvalue weighted by molar-refractivity contribution is 8.00. The van der Waals surface area contributed by atoms with Crippen LogP contribution in [0.2, 0.25) is 15.2 Å². The molecule has 0 aliphatic rings. The molecular weight excluding hydrogens is 468 g/mol. The van der Waals surface area contributed by atoms with Crippen molar-refractivity contribution >= 4 is 79.7 Å². The number of alkyl halides is 3. The van der Waals surface area contributed by atoms with Gasteiger partial charge in [-0.15, -0.1) is 0 Å². The first kappa shape index (κ1) is 20.3. The highest BCUT2D eigenvalue weighted by Gasteiger charge is 2.30. The van der Waals surface area contributed by atoms with E-state index in [2.05, 4.69) is 20.3 Å². The van der Waals surface area contributed by atoms with Crippen molar-refractivity contribution in [3.05, 3.63) is 58.1 Å². The summed E-state index contributed by atoms with van der Waals surface area (Å²) in [7, 11) is 0. The Labute approximate surface area is 181 Å². The van der Waals surface area contributed by atoms with E-state index in [9.17, 15) is 13.2 Å². The topological polar surface area (TPSA) is 50.7 Å². The third-order valence-electron chi connectivity index (χ3n) is 3.95. The van der Waals surface area contributed by atoms with Crippen molar-refractivity contribution in [2.45, 2.75) is 10.4 Å². The van der Waals surface area contributed by atoms with Crippen LogP contribution < -0.4 is 5.32 Å². The molecule has 0 aliphatic heterocycles. The highest BCUT2D eigenvalue weighted by atomic mass is 35.5. The molecule has 0 fully saturated rings. The van der Waals surface area contributed by atoms with Crippen LogP contribution >= 0.6 is 46.6 Å². The maximum absolute atomic E-state index is 12.6. The molecule has 11 heteroatoms. The Balaban J connectivity index is 1.85. The monoisotopic (exact) mass is 474 g/mol. The van der Waals surface area contributed by atoms with Crippen molar-refractivity contribution < 1.29 is 13.2 Å². The third-order valence-corrected chi connectivity index (χ3v) is 5.54. The number of halogens is 6. The van der Waals surface area contributed by atoms with Crippen molar-refractivity contribution in [1.29, 1.82) is 0 Å². The first-order chi connectivity index (χ1) is 13.7. The number of hydrogen-bond donors (Lipinski definition) is 1. The van der Waals surface area contributed by atoms with Crippen LogP contribution in [-0.2, 0) is 0 Å². The summed E-state index contributed by atoms with van der Waals surface area (Å²) in [6.45, 7) is 0. The highest BCUT2D eigenvalue weighted by Crippen LogP contribution is 2.43. The summed E-state index contributed by atoms with van der Waals surface area (Å²) in [6, 6.07) is 5.79. The summed E-state index contributed by atoms with van der Waals surface area (Å²) in [6.07, 6.45) is 4.73. The summed E-state index contributed by atoms with van der Waals surface area (Å²) < 4.78 is 37.9. The van der Waals surface area contributed by atoms with Gasteiger partial charge in [-0.2, -0.15) is 13.2 Å². The second kappa shape index (κ2) is 7.68. The van der Waals surface area contributed by atoms with Crippen molar-refractivity contribution in [3.8, 4) is 0 Å². The molecule has 0 spiro atoms. The molecule has 0 bridgehead atoms. The molecule has 0 saturated heterocycles. The maximum atomic E-state index is 12.6. The molecule has 4 nitrogen and oxygen atoms in total. The van der Waals surface area contributed by atoms with E-state index in [1.807, 2.05) is 0 Å². The fraction of sp³-hybridized carbons (Fsp3) is 0.0556. The summed E-state index contributed by atoms with van der Waals surface area (Å²) >= 11 is 18.4. The van der Waals surface area contributed by atoms with Gasteiger partial charge in [0.05, 0.1) is 21.2 Å². The van der Waals surface area contributed by atoms with Crippen LogP contribution in [-0.4, -0.2) is 20.5 Å². The molecule has 0 amide bonds. The van der Waals surface area contributed by atoms with Crippen LogP contribution in [0, 0.1) is 0 Å². The Bertz CT molecular complexity index is 1230. The molecule has 3 aromatic heterocycles. The average molecular weight is 476 g/mol. The number of aromatic nitrogens is 3. The SMILES string of the molecule is FC(F)(F)Sc1cc(Cl)c(Nc2nc3ccncc3c3c(Cl)nccc23)c(Cl)c1. The number of fused-ring (bicyclic) bond motifs is 3. The minimum atomic E-state index is -4.45. The van der Waals surface area contributed by atoms with Crippen LogP contribution in [0.25, 0.3) is 21.7 Å². The lowest BCUT2D eigenvalue weighted by molar-refractivity contribution is -0.0328. The van der Waals surface area contributed by atoms with E-state index in [0.717, 1.165) is 0 Å². The van der Waals surface area contributed by atoms with E-state index in [0.29, 0.717) is 27.5 Å². The van der Waals surface area contributed by atoms with E-state index in [4.69, 9.17) is 34.8 Å². The van der Waals surface area contributed by atoms with E-state index >= 15 is 0 Å². The Morgan fingerprint density at radius 1 is 0.966 bits per heavy atom. The van der Waals surface area contributed by atoms with Crippen molar-refractivity contribution in [3.63, 3.8) is 0 Å². The molecular formula is C18H8Cl3F3N4S. The second-order valence-electron chi connectivity index (χ2n) is 5.81. The van der Waals surface area contributed by atoms with E-state index in [-0.39, 0.29) is 37.5 Å². The first-order valence-corrected chi connectivity index (χ1v) is 9.88. The smallest absolute Gasteiger partial charge is 0.337 e. The number of anilines is 2. The maximum Gasteiger partial charge on any atom is 0.446 e. The fourth-order valence-corrected chi connectivity index (χ4v) is 4.41. The zero-order chi connectivity index (χ0) is 20.8. The molecule has 0 saturated carbocycles. The molecule has 4 aromatic rings. The minimum absolute atomic E-state index is 0.0224. The fourth-order valence-electron chi connectivity index (χ4n) is 2.82. The lowest BCUT2D eigenvalue weighted by Crippen LogP contribution is -2.01. The van der Waals surface area contributed by atoms with E-state index in [1.165, 1.54) is 18.3 Å². The number of nitrogens with zero attached hydrogens (tertiary/aromatic N) is 3. The molecule has 4 rings (SSSR count). The Morgan fingerprint density at radius 2 is 1.69 bits per heavy atom. The van der Waals surface area contributed by atoms with Gasteiger partial charge in [-0.05, 0) is 36.0 Å². The van der Waals surface area contributed by atoms with Crippen LogP contribution in [0.4, 0.5) is 24.7 Å². The van der Waals surface area contributed by atoms with Gasteiger partial charge in [-0.25, -0.2) is 9.97 Å². The van der Waals surface area contributed by atoms with Crippen LogP contribution in [0.5, 0.6) is 0 Å². The molecule has 1 aromatic carbocycles. The largest absolute Gasteiger partial charge is 0.446 e. The van der Waals surface area contributed by atoms with Crippen LogP contribution in [0.15, 0.2) is 47.8 Å². The number of pyridine rings is 3. The molecule has 3 heterocycles. The number of thioether (sulfide) groups is 1. The van der Waals surface area contributed by atoms with Gasteiger partial charge >= 0.3 is 5.51 Å². The molecule has 0 atom stereocenters. The van der Waals surface area contributed by atoms with Gasteiger partial charge in [0.25, 0.3) is 0 Å². The van der Waals surface area contributed by atoms with Crippen LogP contribution in [0.3, 0.4) is 0 Å². The van der Waals surface area contributed by atoms with Gasteiger partial charge in [0.2, 0.25) is 0 Å². The number of nitrogens with one attached hydrogen (secondary N) is 1. The number of benzene rings is 1. The zero-order valence-corrected chi connectivity index (χ0v) is 17.1. The molecule has 0 unspecified atom stereocenters. The third kappa shape index (κ3) is 4.16. The first-order valence-electron chi connectivity index (χ1n) is 7.92. The van der Waals surface area contributed by atoms with Gasteiger partial charge in [-0.3, -0.25) is 4.98 Å². The van der Waals surface area contributed by atoms with Crippen LogP contribution in [0.1, 0.15) is 0 Å². The Hall–Kier alpha value is -2.00. The van der Waals surface area contributed by atoms with Crippen molar-refractivity contribution in [1.82, 2.24) is 15.0 Å². The summed E-state index contributed by atoms with van der Waals surface area (Å²) in [4.78, 5) is 12.7. The predicted octanol–water partition coefficient (Wildman–Crippen LogP) is 7.49. The van der Waals surface area contributed by atoms with Gasteiger partial charge in [0, 0.05) is 39.6 Å². The average Bonchev–Trinajstić information content (AvgIpc) is 2.63. The molecule has 148 valence electrons. The quantitative estimate of drug-likeness (QED) is 0.189. The zero-order valence-electron chi connectivity index (χ0n) is 14.1. The van der Waals surface area contributed by atoms with Crippen molar-refractivity contribution in [2.24, 2.45) is 0 Å². The molecule has 0 aliphatic carbocycles. The Morgan fingerprint density at radius 3 is 2.38 bits per heavy atom. The predicted molar refractivity (Wildman–Crippen MR) is 112 cm³/mol. The Kier molecular flexibility index (Phi) is 5.37. The minimum Gasteiger partial charge on any atom is -0.337 e. The normalized spacial score (nSPS) is 11.9. The van der Waals surface area contributed by atoms with Gasteiger partial charge < -0.3 is 5.32 Å². The lowest BCUT2D eigenvalue weighted by Gasteiger charge is -2.15. The summed E-state index contributed by atoms with van der Waals surface area (Å²) in [5.41, 5.74) is -3.62. The van der Waals surface area contributed by atoms with Gasteiger partial charge in [0.15, 0.2) is 0 Å². The van der Waals surface area contributed by atoms with E-state index in [1.54, 1.807) is 24.5 Å². The second-order valence-corrected chi connectivity index (χ2v) is 8.12. The number of rotatable bonds is 3. The number of hydrogen-bond acceptors (Lipinski definition) is 5. The standard InChI is InChI=1S/C18H8Cl3F3N4S/c19-11-5-8(29-18(22,23)24)6-12(20)15(11)28-17-9-1-4-26-16(21)14(9)10-7-25-3-2-13(10)27-17/h1-7H,(H,27,28).